The predicted octanol–water partition coefficient (Wildman–Crippen LogP) is 3.16. The number of aromatic nitrogens is 1. The van der Waals surface area contributed by atoms with Crippen molar-refractivity contribution in [3.05, 3.63) is 35.9 Å². The second-order valence-electron chi connectivity index (χ2n) is 9.95. The van der Waals surface area contributed by atoms with Crippen LogP contribution < -0.4 is 21.3 Å². The molecule has 2 aliphatic rings. The maximum absolute atomic E-state index is 13.1. The van der Waals surface area contributed by atoms with Gasteiger partial charge in [0.05, 0.1) is 23.9 Å². The number of para-hydroxylation sites is 1. The van der Waals surface area contributed by atoms with Crippen molar-refractivity contribution in [3.8, 4) is 0 Å². The van der Waals surface area contributed by atoms with E-state index in [0.717, 1.165) is 30.3 Å². The third-order valence-corrected chi connectivity index (χ3v) is 7.60. The molecule has 3 atom stereocenters. The van der Waals surface area contributed by atoms with E-state index in [2.05, 4.69) is 22.5 Å². The maximum Gasteiger partial charge on any atom is 0.256 e. The van der Waals surface area contributed by atoms with Gasteiger partial charge >= 0.3 is 0 Å². The van der Waals surface area contributed by atoms with Gasteiger partial charge in [0, 0.05) is 36.0 Å². The number of hydrogen-bond donors (Lipinski definition) is 4. The number of pyridine rings is 1. The highest BCUT2D eigenvalue weighted by atomic mass is 16.3. The van der Waals surface area contributed by atoms with Crippen LogP contribution in [0.25, 0.3) is 10.9 Å². The Bertz CT molecular complexity index is 953. The minimum absolute atomic E-state index is 0.110. The van der Waals surface area contributed by atoms with Gasteiger partial charge in [-0.15, -0.1) is 0 Å². The molecule has 1 amide bonds. The van der Waals surface area contributed by atoms with Crippen molar-refractivity contribution in [1.82, 2.24) is 15.6 Å². The van der Waals surface area contributed by atoms with Crippen LogP contribution in [0.1, 0.15) is 69.2 Å². The largest absolute Gasteiger partial charge is 0.396 e. The molecular weight excluding hydrogens is 414 g/mol. The summed E-state index contributed by atoms with van der Waals surface area (Å²) in [5.41, 5.74) is 6.97. The molecule has 2 heterocycles. The van der Waals surface area contributed by atoms with E-state index in [9.17, 15) is 9.90 Å². The highest BCUT2D eigenvalue weighted by Gasteiger charge is 2.43. The number of carbonyl (C=O) groups excluding carboxylic acids is 1. The first kappa shape index (κ1) is 23.9. The number of aliphatic hydroxyl groups is 1. The van der Waals surface area contributed by atoms with E-state index in [1.54, 1.807) is 6.92 Å². The summed E-state index contributed by atoms with van der Waals surface area (Å²) in [4.78, 5) is 20.2. The Labute approximate surface area is 197 Å². The van der Waals surface area contributed by atoms with Gasteiger partial charge in [-0.1, -0.05) is 44.4 Å². The number of nitrogens with one attached hydrogen (secondary N) is 2. The van der Waals surface area contributed by atoms with Crippen molar-refractivity contribution in [2.24, 2.45) is 11.1 Å². The lowest BCUT2D eigenvalue weighted by atomic mass is 9.73. The topological polar surface area (TPSA) is 104 Å². The monoisotopic (exact) mass is 453 g/mol. The number of carbonyl (C=O) groups is 1. The standard InChI is InChI=1S/C26H39N5O2/c1-3-26(17-32)16-31(14-13-23(26)29-20-10-5-4-6-11-20)24-21(25(33)28-18(2)27)15-19-9-7-8-12-22(19)30-24/h7-9,12,15,18,20,23,29,32H,3-6,10-11,13-14,16-17,27H2,1-2H3,(H,28,33). The maximum atomic E-state index is 13.1. The Hall–Kier alpha value is -2.22. The molecule has 0 spiro atoms. The fraction of sp³-hybridized carbons (Fsp3) is 0.615. The molecule has 1 saturated carbocycles. The summed E-state index contributed by atoms with van der Waals surface area (Å²) in [6, 6.07) is 10.6. The number of benzene rings is 1. The number of nitrogens with zero attached hydrogens (tertiary/aromatic N) is 2. The average molecular weight is 454 g/mol. The first-order valence-electron chi connectivity index (χ1n) is 12.5. The van der Waals surface area contributed by atoms with Crippen molar-refractivity contribution in [2.75, 3.05) is 24.6 Å². The molecule has 1 aromatic heterocycles. The van der Waals surface area contributed by atoms with Crippen LogP contribution in [-0.2, 0) is 0 Å². The van der Waals surface area contributed by atoms with Crippen molar-refractivity contribution in [1.29, 1.82) is 0 Å². The number of amides is 1. The molecule has 7 nitrogen and oxygen atoms in total. The summed E-state index contributed by atoms with van der Waals surface area (Å²) < 4.78 is 0. The molecular formula is C26H39N5O2. The van der Waals surface area contributed by atoms with E-state index >= 15 is 0 Å². The van der Waals surface area contributed by atoms with Gasteiger partial charge in [0.1, 0.15) is 5.82 Å². The fourth-order valence-electron chi connectivity index (χ4n) is 5.58. The molecule has 1 aliphatic carbocycles. The lowest BCUT2D eigenvalue weighted by Crippen LogP contribution is -2.61. The number of anilines is 1. The van der Waals surface area contributed by atoms with Crippen LogP contribution in [0.15, 0.2) is 30.3 Å². The summed E-state index contributed by atoms with van der Waals surface area (Å²) in [5, 5.41) is 18.3. The normalized spacial score (nSPS) is 25.2. The van der Waals surface area contributed by atoms with E-state index in [-0.39, 0.29) is 24.0 Å². The molecule has 0 bridgehead atoms. The number of nitrogens with two attached hydrogens (primary N) is 1. The summed E-state index contributed by atoms with van der Waals surface area (Å²) >= 11 is 0. The summed E-state index contributed by atoms with van der Waals surface area (Å²) in [5.74, 6) is 0.459. The summed E-state index contributed by atoms with van der Waals surface area (Å²) in [6.45, 7) is 5.47. The smallest absolute Gasteiger partial charge is 0.256 e. The molecule has 33 heavy (non-hydrogen) atoms. The Morgan fingerprint density at radius 3 is 2.73 bits per heavy atom. The second-order valence-corrected chi connectivity index (χ2v) is 9.95. The fourth-order valence-corrected chi connectivity index (χ4v) is 5.58. The lowest BCUT2D eigenvalue weighted by molar-refractivity contribution is 0.0561. The van der Waals surface area contributed by atoms with Crippen molar-refractivity contribution >= 4 is 22.6 Å². The highest BCUT2D eigenvalue weighted by molar-refractivity contribution is 6.02. The first-order valence-corrected chi connectivity index (χ1v) is 12.5. The quantitative estimate of drug-likeness (QED) is 0.480. The van der Waals surface area contributed by atoms with Gasteiger partial charge in [0.2, 0.25) is 0 Å². The average Bonchev–Trinajstić information content (AvgIpc) is 2.84. The third-order valence-electron chi connectivity index (χ3n) is 7.60. The van der Waals surface area contributed by atoms with Crippen molar-refractivity contribution in [2.45, 2.75) is 77.0 Å². The van der Waals surface area contributed by atoms with Gasteiger partial charge in [-0.3, -0.25) is 4.79 Å². The number of piperidine rings is 1. The van der Waals surface area contributed by atoms with Crippen molar-refractivity contribution < 1.29 is 9.90 Å². The van der Waals surface area contributed by atoms with Crippen LogP contribution in [0.3, 0.4) is 0 Å². The zero-order chi connectivity index (χ0) is 23.4. The number of fused-ring (bicyclic) bond motifs is 1. The summed E-state index contributed by atoms with van der Waals surface area (Å²) in [6.07, 6.45) is 7.66. The number of rotatable bonds is 7. The molecule has 1 saturated heterocycles. The van der Waals surface area contributed by atoms with Crippen LogP contribution in [-0.4, -0.2) is 53.9 Å². The van der Waals surface area contributed by atoms with Crippen LogP contribution in [0, 0.1) is 5.41 Å². The molecule has 3 unspecified atom stereocenters. The van der Waals surface area contributed by atoms with Gasteiger partial charge in [0.15, 0.2) is 0 Å². The molecule has 1 aromatic carbocycles. The molecule has 180 valence electrons. The highest BCUT2D eigenvalue weighted by Crippen LogP contribution is 2.37. The van der Waals surface area contributed by atoms with Gasteiger partial charge in [-0.25, -0.2) is 4.98 Å². The van der Waals surface area contributed by atoms with E-state index in [4.69, 9.17) is 10.7 Å². The molecule has 0 radical (unpaired) electrons. The van der Waals surface area contributed by atoms with E-state index in [0.29, 0.717) is 24.0 Å². The molecule has 2 fully saturated rings. The van der Waals surface area contributed by atoms with E-state index in [1.165, 1.54) is 32.1 Å². The minimum Gasteiger partial charge on any atom is -0.396 e. The Morgan fingerprint density at radius 2 is 2.03 bits per heavy atom. The Kier molecular flexibility index (Phi) is 7.51. The van der Waals surface area contributed by atoms with Crippen molar-refractivity contribution in [3.63, 3.8) is 0 Å². The zero-order valence-corrected chi connectivity index (χ0v) is 20.0. The third kappa shape index (κ3) is 5.15. The number of aliphatic hydroxyl groups excluding tert-OH is 1. The van der Waals surface area contributed by atoms with Crippen LogP contribution in [0.2, 0.25) is 0 Å². The van der Waals surface area contributed by atoms with Gasteiger partial charge in [-0.05, 0) is 44.7 Å². The minimum atomic E-state index is -0.450. The zero-order valence-electron chi connectivity index (χ0n) is 20.0. The molecule has 4 rings (SSSR count). The van der Waals surface area contributed by atoms with Crippen LogP contribution in [0.5, 0.6) is 0 Å². The predicted molar refractivity (Wildman–Crippen MR) is 133 cm³/mol. The molecule has 5 N–H and O–H groups in total. The second kappa shape index (κ2) is 10.4. The van der Waals surface area contributed by atoms with Crippen LogP contribution in [0.4, 0.5) is 5.82 Å². The van der Waals surface area contributed by atoms with Gasteiger partial charge in [0.25, 0.3) is 5.91 Å². The summed E-state index contributed by atoms with van der Waals surface area (Å²) in [7, 11) is 0. The lowest BCUT2D eigenvalue weighted by Gasteiger charge is -2.49. The SMILES string of the molecule is CCC1(CO)CN(c2nc3ccccc3cc2C(=O)NC(C)N)CCC1NC1CCCCC1. The van der Waals surface area contributed by atoms with Gasteiger partial charge in [-0.2, -0.15) is 0 Å². The molecule has 7 heteroatoms. The first-order chi connectivity index (χ1) is 16.0. The number of hydrogen-bond acceptors (Lipinski definition) is 6. The Balaban J connectivity index is 1.65. The van der Waals surface area contributed by atoms with E-state index in [1.807, 2.05) is 30.3 Å². The Morgan fingerprint density at radius 1 is 1.27 bits per heavy atom. The molecule has 2 aromatic rings. The van der Waals surface area contributed by atoms with Gasteiger partial charge < -0.3 is 26.4 Å². The van der Waals surface area contributed by atoms with E-state index < -0.39 is 6.17 Å². The molecule has 1 aliphatic heterocycles. The van der Waals surface area contributed by atoms with Crippen LogP contribution >= 0.6 is 0 Å².